The second-order valence-corrected chi connectivity index (χ2v) is 6.34. The second kappa shape index (κ2) is 5.26. The second-order valence-electron chi connectivity index (χ2n) is 6.34. The van der Waals surface area contributed by atoms with Crippen molar-refractivity contribution in [1.82, 2.24) is 0 Å². The SMILES string of the molecule is OC(O)(O)c1ccc(CC2CO2)c(CC2CO2)c1CC1CO1. The normalized spacial score (nSPS) is 29.5. The first-order chi connectivity index (χ1) is 10.5. The smallest absolute Gasteiger partial charge is 0.304 e. The molecular weight excluding hydrogens is 288 g/mol. The van der Waals surface area contributed by atoms with E-state index in [0.29, 0.717) is 19.4 Å². The van der Waals surface area contributed by atoms with Crippen LogP contribution < -0.4 is 0 Å². The Labute approximate surface area is 128 Å². The molecule has 0 aromatic heterocycles. The monoisotopic (exact) mass is 308 g/mol. The van der Waals surface area contributed by atoms with Crippen LogP contribution in [-0.2, 0) is 39.4 Å². The van der Waals surface area contributed by atoms with Crippen LogP contribution in [0.2, 0.25) is 0 Å². The fourth-order valence-electron chi connectivity index (χ4n) is 2.99. The maximum absolute atomic E-state index is 9.68. The van der Waals surface area contributed by atoms with Crippen LogP contribution in [-0.4, -0.2) is 53.5 Å². The Morgan fingerprint density at radius 2 is 1.32 bits per heavy atom. The summed E-state index contributed by atoms with van der Waals surface area (Å²) in [7, 11) is 0. The van der Waals surface area contributed by atoms with Crippen LogP contribution in [0, 0.1) is 0 Å². The van der Waals surface area contributed by atoms with Gasteiger partial charge in [0, 0.05) is 24.8 Å². The van der Waals surface area contributed by atoms with Gasteiger partial charge in [0.15, 0.2) is 0 Å². The van der Waals surface area contributed by atoms with Crippen molar-refractivity contribution in [3.63, 3.8) is 0 Å². The van der Waals surface area contributed by atoms with Crippen LogP contribution in [0.1, 0.15) is 22.3 Å². The lowest BCUT2D eigenvalue weighted by Gasteiger charge is -2.23. The predicted molar refractivity (Wildman–Crippen MR) is 75.1 cm³/mol. The zero-order valence-corrected chi connectivity index (χ0v) is 12.2. The van der Waals surface area contributed by atoms with E-state index < -0.39 is 5.97 Å². The van der Waals surface area contributed by atoms with Crippen LogP contribution in [0.25, 0.3) is 0 Å². The zero-order chi connectivity index (χ0) is 15.3. The number of hydrogen-bond donors (Lipinski definition) is 3. The van der Waals surface area contributed by atoms with Crippen molar-refractivity contribution in [2.45, 2.75) is 43.5 Å². The molecule has 3 N–H and O–H groups in total. The zero-order valence-electron chi connectivity index (χ0n) is 12.2. The molecule has 3 atom stereocenters. The molecule has 0 saturated carbocycles. The minimum atomic E-state index is -2.84. The van der Waals surface area contributed by atoms with Gasteiger partial charge >= 0.3 is 5.97 Å². The molecule has 1 aromatic rings. The van der Waals surface area contributed by atoms with Crippen molar-refractivity contribution >= 4 is 0 Å². The molecule has 0 bridgehead atoms. The molecule has 0 aliphatic carbocycles. The number of rotatable bonds is 7. The fourth-order valence-corrected chi connectivity index (χ4v) is 2.99. The minimum absolute atomic E-state index is 0.0902. The first-order valence-corrected chi connectivity index (χ1v) is 7.66. The molecule has 3 heterocycles. The van der Waals surface area contributed by atoms with E-state index in [1.54, 1.807) is 6.07 Å². The van der Waals surface area contributed by atoms with Gasteiger partial charge in [-0.2, -0.15) is 0 Å². The molecule has 0 radical (unpaired) electrons. The van der Waals surface area contributed by atoms with Gasteiger partial charge in [0.25, 0.3) is 0 Å². The third kappa shape index (κ3) is 3.32. The summed E-state index contributed by atoms with van der Waals surface area (Å²) in [6.45, 7) is 2.17. The van der Waals surface area contributed by atoms with E-state index in [0.717, 1.165) is 36.3 Å². The van der Waals surface area contributed by atoms with E-state index >= 15 is 0 Å². The highest BCUT2D eigenvalue weighted by atomic mass is 16.7. The van der Waals surface area contributed by atoms with Crippen LogP contribution in [0.15, 0.2) is 12.1 Å². The Morgan fingerprint density at radius 3 is 1.82 bits per heavy atom. The summed E-state index contributed by atoms with van der Waals surface area (Å²) in [4.78, 5) is 0. The quantitative estimate of drug-likeness (QED) is 0.468. The molecule has 3 fully saturated rings. The largest absolute Gasteiger partial charge is 0.373 e. The summed E-state index contributed by atoms with van der Waals surface area (Å²) in [6.07, 6.45) is 2.60. The Morgan fingerprint density at radius 1 is 0.818 bits per heavy atom. The highest BCUT2D eigenvalue weighted by Crippen LogP contribution is 2.33. The van der Waals surface area contributed by atoms with E-state index in [1.165, 1.54) is 0 Å². The van der Waals surface area contributed by atoms with E-state index in [-0.39, 0.29) is 23.9 Å². The molecule has 3 aliphatic heterocycles. The fraction of sp³-hybridized carbons (Fsp3) is 0.625. The number of benzene rings is 1. The van der Waals surface area contributed by atoms with Crippen molar-refractivity contribution in [2.75, 3.05) is 19.8 Å². The minimum Gasteiger partial charge on any atom is -0.373 e. The lowest BCUT2D eigenvalue weighted by atomic mass is 9.87. The summed E-state index contributed by atoms with van der Waals surface area (Å²) >= 11 is 0. The van der Waals surface area contributed by atoms with Gasteiger partial charge in [-0.3, -0.25) is 0 Å². The van der Waals surface area contributed by atoms with Crippen molar-refractivity contribution in [3.8, 4) is 0 Å². The van der Waals surface area contributed by atoms with E-state index in [2.05, 4.69) is 0 Å². The Balaban J connectivity index is 1.74. The van der Waals surface area contributed by atoms with Crippen LogP contribution in [0.3, 0.4) is 0 Å². The van der Waals surface area contributed by atoms with Gasteiger partial charge in [0.2, 0.25) is 0 Å². The number of hydrogen-bond acceptors (Lipinski definition) is 6. The molecular formula is C16H20O6. The molecule has 3 aliphatic rings. The third-order valence-corrected chi connectivity index (χ3v) is 4.41. The third-order valence-electron chi connectivity index (χ3n) is 4.41. The molecule has 22 heavy (non-hydrogen) atoms. The average Bonchev–Trinajstić information content (AvgIpc) is 3.29. The Hall–Kier alpha value is -1.02. The molecule has 0 amide bonds. The molecule has 1 aromatic carbocycles. The maximum Gasteiger partial charge on any atom is 0.304 e. The van der Waals surface area contributed by atoms with Crippen LogP contribution >= 0.6 is 0 Å². The summed E-state index contributed by atoms with van der Waals surface area (Å²) in [5.74, 6) is -2.84. The summed E-state index contributed by atoms with van der Waals surface area (Å²) in [6, 6.07) is 3.44. The Kier molecular flexibility index (Phi) is 3.48. The first-order valence-electron chi connectivity index (χ1n) is 7.66. The standard InChI is InChI=1S/C16H20O6/c17-16(18,19)15-2-1-9(3-10-6-20-10)13(4-11-7-21-11)14(15)5-12-8-22-12/h1-2,10-12,17-19H,3-8H2. The lowest BCUT2D eigenvalue weighted by Crippen LogP contribution is -2.27. The lowest BCUT2D eigenvalue weighted by molar-refractivity contribution is -0.324. The van der Waals surface area contributed by atoms with Crippen molar-refractivity contribution in [2.24, 2.45) is 0 Å². The number of epoxide rings is 3. The maximum atomic E-state index is 9.68. The predicted octanol–water partition coefficient (Wildman–Crippen LogP) is -0.402. The van der Waals surface area contributed by atoms with Gasteiger partial charge in [0.1, 0.15) is 0 Å². The molecule has 3 unspecified atom stereocenters. The molecule has 120 valence electrons. The van der Waals surface area contributed by atoms with Gasteiger partial charge in [0.05, 0.1) is 38.1 Å². The molecule has 0 spiro atoms. The van der Waals surface area contributed by atoms with Crippen LogP contribution in [0.5, 0.6) is 0 Å². The van der Waals surface area contributed by atoms with Crippen molar-refractivity contribution in [1.29, 1.82) is 0 Å². The van der Waals surface area contributed by atoms with Crippen molar-refractivity contribution in [3.05, 3.63) is 34.4 Å². The summed E-state index contributed by atoms with van der Waals surface area (Å²) in [5.41, 5.74) is 3.07. The van der Waals surface area contributed by atoms with Crippen LogP contribution in [0.4, 0.5) is 0 Å². The average molecular weight is 308 g/mol. The van der Waals surface area contributed by atoms with Gasteiger partial charge in [-0.25, -0.2) is 0 Å². The molecule has 6 nitrogen and oxygen atoms in total. The highest BCUT2D eigenvalue weighted by molar-refractivity contribution is 5.44. The summed E-state index contributed by atoms with van der Waals surface area (Å²) < 4.78 is 15.9. The van der Waals surface area contributed by atoms with E-state index in [1.807, 2.05) is 6.07 Å². The highest BCUT2D eigenvalue weighted by Gasteiger charge is 2.35. The molecule has 6 heteroatoms. The summed E-state index contributed by atoms with van der Waals surface area (Å²) in [5, 5.41) is 29.0. The molecule has 3 saturated heterocycles. The first kappa shape index (κ1) is 14.6. The number of ether oxygens (including phenoxy) is 3. The van der Waals surface area contributed by atoms with Gasteiger partial charge in [-0.05, 0) is 16.7 Å². The molecule has 4 rings (SSSR count). The number of aliphatic hydroxyl groups is 3. The van der Waals surface area contributed by atoms with Gasteiger partial charge < -0.3 is 29.5 Å². The van der Waals surface area contributed by atoms with E-state index in [9.17, 15) is 15.3 Å². The van der Waals surface area contributed by atoms with E-state index in [4.69, 9.17) is 14.2 Å². The Bertz CT molecular complexity index is 567. The van der Waals surface area contributed by atoms with Crippen molar-refractivity contribution < 1.29 is 29.5 Å². The van der Waals surface area contributed by atoms with Gasteiger partial charge in [-0.1, -0.05) is 12.1 Å². The topological polar surface area (TPSA) is 98.3 Å². The van der Waals surface area contributed by atoms with Gasteiger partial charge in [-0.15, -0.1) is 0 Å².